The van der Waals surface area contributed by atoms with E-state index in [1.165, 1.54) is 32.8 Å². The molecule has 1 fully saturated rings. The number of hydrogen-bond acceptors (Lipinski definition) is 4. The van der Waals surface area contributed by atoms with Crippen LogP contribution in [0.25, 0.3) is 0 Å². The number of hydrogen-bond donors (Lipinski definition) is 1. The van der Waals surface area contributed by atoms with Gasteiger partial charge in [0.05, 0.1) is 16.6 Å². The molecule has 0 amide bonds. The first-order chi connectivity index (χ1) is 10.1. The molecular weight excluding hydrogens is 356 g/mol. The van der Waals surface area contributed by atoms with Crippen molar-refractivity contribution in [2.75, 3.05) is 19.0 Å². The Balaban J connectivity index is 0.000000491. The highest BCUT2D eigenvalue weighted by Crippen LogP contribution is 2.29. The van der Waals surface area contributed by atoms with Crippen molar-refractivity contribution < 1.29 is 9.53 Å². The monoisotopic (exact) mass is 376 g/mol. The molecule has 1 aromatic rings. The van der Waals surface area contributed by atoms with Crippen molar-refractivity contribution in [2.45, 2.75) is 32.6 Å². The van der Waals surface area contributed by atoms with Crippen LogP contribution in [0.1, 0.15) is 32.6 Å². The molecule has 0 spiro atoms. The lowest BCUT2D eigenvalue weighted by Crippen LogP contribution is -2.20. The molecule has 2 rings (SSSR count). The Morgan fingerprint density at radius 2 is 2.10 bits per heavy atom. The third kappa shape index (κ3) is 7.14. The number of methoxy groups -OCH3 is 1. The number of pyridine rings is 1. The first-order valence-corrected chi connectivity index (χ1v) is 8.25. The standard InChI is InChI=1S/C13H18BrClN2.C2H4O2/c1-9-2-4-10(5-3-9)7-16-13-6-12(15)11(14)8-17-13;1-4-2-3/h6,8-10H,2-5,7H2,1H3,(H,16,17);2H,1H3. The van der Waals surface area contributed by atoms with E-state index in [1.807, 2.05) is 6.07 Å². The summed E-state index contributed by atoms with van der Waals surface area (Å²) in [6.45, 7) is 3.73. The number of aromatic nitrogens is 1. The highest BCUT2D eigenvalue weighted by Gasteiger charge is 2.17. The molecule has 118 valence electrons. The number of nitrogens with one attached hydrogen (secondary N) is 1. The fraction of sp³-hybridized carbons (Fsp3) is 0.600. The molecule has 0 aliphatic heterocycles. The summed E-state index contributed by atoms with van der Waals surface area (Å²) in [7, 11) is 1.31. The van der Waals surface area contributed by atoms with E-state index in [4.69, 9.17) is 16.4 Å². The fourth-order valence-corrected chi connectivity index (χ4v) is 2.66. The van der Waals surface area contributed by atoms with E-state index < -0.39 is 0 Å². The summed E-state index contributed by atoms with van der Waals surface area (Å²) < 4.78 is 4.70. The summed E-state index contributed by atoms with van der Waals surface area (Å²) in [5, 5.41) is 4.09. The third-order valence-corrected chi connectivity index (χ3v) is 4.78. The van der Waals surface area contributed by atoms with Crippen molar-refractivity contribution >= 4 is 39.8 Å². The Kier molecular flexibility index (Phi) is 8.69. The number of nitrogens with zero attached hydrogens (tertiary/aromatic N) is 1. The molecule has 1 aromatic heterocycles. The van der Waals surface area contributed by atoms with Crippen LogP contribution >= 0.6 is 27.5 Å². The predicted molar refractivity (Wildman–Crippen MR) is 89.6 cm³/mol. The van der Waals surface area contributed by atoms with E-state index in [-0.39, 0.29) is 0 Å². The average molecular weight is 378 g/mol. The molecular formula is C15H22BrClN2O2. The number of halogens is 2. The molecule has 1 aliphatic carbocycles. The topological polar surface area (TPSA) is 51.2 Å². The van der Waals surface area contributed by atoms with Gasteiger partial charge in [-0.05, 0) is 40.6 Å². The summed E-state index contributed by atoms with van der Waals surface area (Å²) in [6, 6.07) is 1.87. The van der Waals surface area contributed by atoms with E-state index in [9.17, 15) is 0 Å². The van der Waals surface area contributed by atoms with Crippen LogP contribution in [0.2, 0.25) is 5.02 Å². The highest BCUT2D eigenvalue weighted by molar-refractivity contribution is 9.10. The van der Waals surface area contributed by atoms with Gasteiger partial charge in [-0.1, -0.05) is 31.4 Å². The maximum absolute atomic E-state index is 8.95. The normalized spacial score (nSPS) is 21.0. The van der Waals surface area contributed by atoms with Crippen LogP contribution in [0.3, 0.4) is 0 Å². The molecule has 1 heterocycles. The van der Waals surface area contributed by atoms with Crippen molar-refractivity contribution in [1.82, 2.24) is 4.98 Å². The molecule has 0 radical (unpaired) electrons. The van der Waals surface area contributed by atoms with Gasteiger partial charge in [0.15, 0.2) is 0 Å². The Labute approximate surface area is 139 Å². The Bertz CT molecular complexity index is 438. The van der Waals surface area contributed by atoms with E-state index in [2.05, 4.69) is 37.9 Å². The van der Waals surface area contributed by atoms with E-state index in [0.717, 1.165) is 28.7 Å². The lowest BCUT2D eigenvalue weighted by molar-refractivity contribution is -0.126. The van der Waals surface area contributed by atoms with Crippen molar-refractivity contribution in [3.8, 4) is 0 Å². The highest BCUT2D eigenvalue weighted by atomic mass is 79.9. The zero-order valence-electron chi connectivity index (χ0n) is 12.4. The van der Waals surface area contributed by atoms with Gasteiger partial charge < -0.3 is 10.1 Å². The molecule has 21 heavy (non-hydrogen) atoms. The zero-order chi connectivity index (χ0) is 15.7. The van der Waals surface area contributed by atoms with Gasteiger partial charge in [0.2, 0.25) is 0 Å². The van der Waals surface area contributed by atoms with E-state index >= 15 is 0 Å². The second-order valence-electron chi connectivity index (χ2n) is 5.32. The van der Waals surface area contributed by atoms with E-state index in [1.54, 1.807) is 6.20 Å². The van der Waals surface area contributed by atoms with Gasteiger partial charge in [0.25, 0.3) is 6.47 Å². The van der Waals surface area contributed by atoms with Gasteiger partial charge in [-0.3, -0.25) is 4.79 Å². The maximum Gasteiger partial charge on any atom is 0.292 e. The minimum absolute atomic E-state index is 0.375. The summed E-state index contributed by atoms with van der Waals surface area (Å²) in [5.74, 6) is 2.57. The first-order valence-electron chi connectivity index (χ1n) is 7.08. The summed E-state index contributed by atoms with van der Waals surface area (Å²) in [5.41, 5.74) is 0. The van der Waals surface area contributed by atoms with Crippen LogP contribution in [-0.2, 0) is 9.53 Å². The summed E-state index contributed by atoms with van der Waals surface area (Å²) >= 11 is 9.37. The SMILES string of the molecule is CC1CCC(CNc2cc(Cl)c(Br)cn2)CC1.COC=O. The van der Waals surface area contributed by atoms with Crippen molar-refractivity contribution in [1.29, 1.82) is 0 Å². The largest absolute Gasteiger partial charge is 0.471 e. The molecule has 0 aromatic carbocycles. The van der Waals surface area contributed by atoms with E-state index in [0.29, 0.717) is 11.5 Å². The molecule has 1 saturated carbocycles. The van der Waals surface area contributed by atoms with Gasteiger partial charge in [-0.25, -0.2) is 4.98 Å². The molecule has 0 unspecified atom stereocenters. The number of carbonyl (C=O) groups is 1. The maximum atomic E-state index is 8.95. The van der Waals surface area contributed by atoms with Gasteiger partial charge in [-0.15, -0.1) is 0 Å². The molecule has 1 N–H and O–H groups in total. The number of carbonyl (C=O) groups excluding carboxylic acids is 1. The molecule has 0 atom stereocenters. The van der Waals surface area contributed by atoms with Gasteiger partial charge in [0, 0.05) is 18.8 Å². The van der Waals surface area contributed by atoms with Gasteiger partial charge in [-0.2, -0.15) is 0 Å². The zero-order valence-corrected chi connectivity index (χ0v) is 14.8. The predicted octanol–water partition coefficient (Wildman–Crippen LogP) is 4.52. The number of rotatable bonds is 4. The Morgan fingerprint density at radius 3 is 2.62 bits per heavy atom. The van der Waals surface area contributed by atoms with Crippen LogP contribution in [0.4, 0.5) is 5.82 Å². The third-order valence-electron chi connectivity index (χ3n) is 3.61. The second-order valence-corrected chi connectivity index (χ2v) is 6.58. The average Bonchev–Trinajstić information content (AvgIpc) is 2.50. The Hall–Kier alpha value is -0.810. The molecule has 1 aliphatic rings. The van der Waals surface area contributed by atoms with Crippen molar-refractivity contribution in [3.05, 3.63) is 21.8 Å². The quantitative estimate of drug-likeness (QED) is 0.784. The van der Waals surface area contributed by atoms with Gasteiger partial charge in [0.1, 0.15) is 5.82 Å². The minimum atomic E-state index is 0.375. The fourth-order valence-electron chi connectivity index (χ4n) is 2.29. The van der Waals surface area contributed by atoms with Crippen LogP contribution in [0.15, 0.2) is 16.7 Å². The molecule has 0 bridgehead atoms. The smallest absolute Gasteiger partial charge is 0.292 e. The van der Waals surface area contributed by atoms with Crippen LogP contribution in [0.5, 0.6) is 0 Å². The summed E-state index contributed by atoms with van der Waals surface area (Å²) in [6.07, 6.45) is 7.13. The van der Waals surface area contributed by atoms with Gasteiger partial charge >= 0.3 is 0 Å². The lowest BCUT2D eigenvalue weighted by atomic mass is 9.83. The van der Waals surface area contributed by atoms with Crippen molar-refractivity contribution in [2.24, 2.45) is 11.8 Å². The van der Waals surface area contributed by atoms with Crippen LogP contribution in [0, 0.1) is 11.8 Å². The minimum Gasteiger partial charge on any atom is -0.471 e. The van der Waals surface area contributed by atoms with Crippen molar-refractivity contribution in [3.63, 3.8) is 0 Å². The number of ether oxygens (including phenoxy) is 1. The molecule has 0 saturated heterocycles. The Morgan fingerprint density at radius 1 is 1.48 bits per heavy atom. The molecule has 4 nitrogen and oxygen atoms in total. The van der Waals surface area contributed by atoms with Crippen LogP contribution < -0.4 is 5.32 Å². The molecule has 6 heteroatoms. The summed E-state index contributed by atoms with van der Waals surface area (Å²) in [4.78, 5) is 13.2. The lowest BCUT2D eigenvalue weighted by Gasteiger charge is -2.26. The number of anilines is 1. The second kappa shape index (κ2) is 10.0. The first kappa shape index (κ1) is 18.2. The van der Waals surface area contributed by atoms with Crippen LogP contribution in [-0.4, -0.2) is 25.1 Å².